The average Bonchev–Trinajstić information content (AvgIpc) is 2.11. The highest BCUT2D eigenvalue weighted by Crippen LogP contribution is 2.24. The molecule has 0 aliphatic rings. The van der Waals surface area contributed by atoms with Gasteiger partial charge in [-0.3, -0.25) is 4.79 Å². The summed E-state index contributed by atoms with van der Waals surface area (Å²) in [5, 5.41) is 2.99. The molecule has 0 aromatic heterocycles. The van der Waals surface area contributed by atoms with Crippen LogP contribution in [0.3, 0.4) is 0 Å². The molecule has 0 heterocycles. The first-order chi connectivity index (χ1) is 6.15. The number of amides is 1. The minimum Gasteiger partial charge on any atom is -0.269 e. The number of nitrogens with zero attached hydrogens (tertiary/aromatic N) is 1. The number of hydrogen-bond donors (Lipinski definition) is 0. The van der Waals surface area contributed by atoms with E-state index >= 15 is 0 Å². The Balaban J connectivity index is 2.99. The summed E-state index contributed by atoms with van der Waals surface area (Å²) < 4.78 is 0. The SMILES string of the molecule is O=NC(=O)Cc1c(Cl)cccc1Cl. The maximum absolute atomic E-state index is 10.7. The molecule has 0 saturated carbocycles. The van der Waals surface area contributed by atoms with E-state index in [9.17, 15) is 9.70 Å². The Labute approximate surface area is 84.6 Å². The predicted octanol–water partition coefficient (Wildman–Crippen LogP) is 2.83. The lowest BCUT2D eigenvalue weighted by molar-refractivity contribution is -0.117. The number of halogens is 2. The third-order valence-electron chi connectivity index (χ3n) is 1.49. The lowest BCUT2D eigenvalue weighted by Gasteiger charge is -2.02. The van der Waals surface area contributed by atoms with Crippen LogP contribution in [0.4, 0.5) is 0 Å². The Morgan fingerprint density at radius 1 is 1.31 bits per heavy atom. The molecule has 0 spiro atoms. The van der Waals surface area contributed by atoms with Crippen molar-refractivity contribution in [1.29, 1.82) is 0 Å². The molecule has 0 unspecified atom stereocenters. The van der Waals surface area contributed by atoms with E-state index in [1.165, 1.54) is 0 Å². The number of rotatable bonds is 2. The molecule has 0 saturated heterocycles. The first kappa shape index (κ1) is 10.2. The summed E-state index contributed by atoms with van der Waals surface area (Å²) in [6.45, 7) is 0. The molecule has 1 aromatic rings. The second-order valence-corrected chi connectivity index (χ2v) is 3.18. The molecule has 68 valence electrons. The Kier molecular flexibility index (Phi) is 3.39. The summed E-state index contributed by atoms with van der Waals surface area (Å²) in [6, 6.07) is 4.86. The number of hydrogen-bond acceptors (Lipinski definition) is 2. The van der Waals surface area contributed by atoms with E-state index < -0.39 is 5.91 Å². The standard InChI is InChI=1S/C8H5Cl2NO2/c9-6-2-1-3-7(10)5(6)4-8(12)11-13/h1-3H,4H2. The predicted molar refractivity (Wildman–Crippen MR) is 51.0 cm³/mol. The van der Waals surface area contributed by atoms with E-state index in [0.717, 1.165) is 0 Å². The Morgan fingerprint density at radius 2 is 1.85 bits per heavy atom. The number of benzene rings is 1. The maximum atomic E-state index is 10.7. The summed E-state index contributed by atoms with van der Waals surface area (Å²) in [5.74, 6) is -0.782. The summed E-state index contributed by atoms with van der Waals surface area (Å²) in [5.41, 5.74) is 0.440. The molecule has 0 aliphatic carbocycles. The number of nitroso groups, excluding NO2 is 1. The fraction of sp³-hybridized carbons (Fsp3) is 0.125. The highest BCUT2D eigenvalue weighted by molar-refractivity contribution is 6.36. The van der Waals surface area contributed by atoms with Gasteiger partial charge in [-0.2, -0.15) is 0 Å². The van der Waals surface area contributed by atoms with Gasteiger partial charge in [0.2, 0.25) is 0 Å². The minimum atomic E-state index is -0.782. The van der Waals surface area contributed by atoms with Crippen molar-refractivity contribution in [2.45, 2.75) is 6.42 Å². The third-order valence-corrected chi connectivity index (χ3v) is 2.20. The lowest BCUT2D eigenvalue weighted by atomic mass is 10.1. The van der Waals surface area contributed by atoms with Gasteiger partial charge in [0.15, 0.2) is 0 Å². The fourth-order valence-corrected chi connectivity index (χ4v) is 1.42. The summed E-state index contributed by atoms with van der Waals surface area (Å²) in [4.78, 5) is 20.5. The van der Waals surface area contributed by atoms with Crippen molar-refractivity contribution in [2.24, 2.45) is 5.18 Å². The largest absolute Gasteiger partial charge is 0.290 e. The van der Waals surface area contributed by atoms with Gasteiger partial charge < -0.3 is 0 Å². The zero-order chi connectivity index (χ0) is 9.84. The van der Waals surface area contributed by atoms with Gasteiger partial charge in [-0.05, 0) is 17.7 Å². The molecule has 1 aromatic carbocycles. The lowest BCUT2D eigenvalue weighted by Crippen LogP contribution is -1.99. The molecule has 0 N–H and O–H groups in total. The monoisotopic (exact) mass is 217 g/mol. The van der Waals surface area contributed by atoms with Gasteiger partial charge in [0.05, 0.1) is 6.42 Å². The van der Waals surface area contributed by atoms with Crippen LogP contribution in [0.15, 0.2) is 23.4 Å². The first-order valence-electron chi connectivity index (χ1n) is 3.44. The molecule has 0 fully saturated rings. The van der Waals surface area contributed by atoms with E-state index in [-0.39, 0.29) is 6.42 Å². The second kappa shape index (κ2) is 4.35. The van der Waals surface area contributed by atoms with E-state index in [0.29, 0.717) is 15.6 Å². The smallest absolute Gasteiger partial charge is 0.269 e. The van der Waals surface area contributed by atoms with Crippen molar-refractivity contribution in [3.05, 3.63) is 38.7 Å². The van der Waals surface area contributed by atoms with Crippen LogP contribution in [0.2, 0.25) is 10.0 Å². The summed E-state index contributed by atoms with van der Waals surface area (Å²) in [6.07, 6.45) is -0.151. The molecule has 1 rings (SSSR count). The van der Waals surface area contributed by atoms with Gasteiger partial charge in [0.1, 0.15) is 0 Å². The van der Waals surface area contributed by atoms with Gasteiger partial charge in [-0.15, -0.1) is 4.91 Å². The molecule has 5 heteroatoms. The second-order valence-electron chi connectivity index (χ2n) is 2.36. The maximum Gasteiger partial charge on any atom is 0.290 e. The Bertz CT molecular complexity index is 332. The van der Waals surface area contributed by atoms with Crippen molar-refractivity contribution in [3.8, 4) is 0 Å². The Hall–Kier alpha value is -0.930. The summed E-state index contributed by atoms with van der Waals surface area (Å²) >= 11 is 11.5. The zero-order valence-corrected chi connectivity index (χ0v) is 7.97. The van der Waals surface area contributed by atoms with E-state index in [1.54, 1.807) is 18.2 Å². The zero-order valence-electron chi connectivity index (χ0n) is 6.46. The summed E-state index contributed by atoms with van der Waals surface area (Å²) in [7, 11) is 0. The molecule has 13 heavy (non-hydrogen) atoms. The molecule has 0 atom stereocenters. The molecular weight excluding hydrogens is 213 g/mol. The van der Waals surface area contributed by atoms with Gasteiger partial charge in [0, 0.05) is 15.2 Å². The molecule has 0 radical (unpaired) electrons. The van der Waals surface area contributed by atoms with Crippen LogP contribution in [-0.4, -0.2) is 5.91 Å². The topological polar surface area (TPSA) is 46.5 Å². The van der Waals surface area contributed by atoms with E-state index in [2.05, 4.69) is 5.18 Å². The first-order valence-corrected chi connectivity index (χ1v) is 4.20. The van der Waals surface area contributed by atoms with Gasteiger partial charge in [-0.1, -0.05) is 29.3 Å². The van der Waals surface area contributed by atoms with Gasteiger partial charge in [0.25, 0.3) is 5.91 Å². The van der Waals surface area contributed by atoms with Crippen LogP contribution in [0, 0.1) is 4.91 Å². The molecule has 0 bridgehead atoms. The minimum absolute atomic E-state index is 0.151. The third kappa shape index (κ3) is 2.50. The van der Waals surface area contributed by atoms with Crippen molar-refractivity contribution in [2.75, 3.05) is 0 Å². The van der Waals surface area contributed by atoms with E-state index in [1.807, 2.05) is 0 Å². The quantitative estimate of drug-likeness (QED) is 0.716. The molecule has 0 aliphatic heterocycles. The van der Waals surface area contributed by atoms with Crippen LogP contribution in [0.1, 0.15) is 5.56 Å². The van der Waals surface area contributed by atoms with Gasteiger partial charge in [-0.25, -0.2) is 0 Å². The highest BCUT2D eigenvalue weighted by Gasteiger charge is 2.10. The molecular formula is C8H5Cl2NO2. The number of carbonyl (C=O) groups is 1. The molecule has 3 nitrogen and oxygen atoms in total. The fourth-order valence-electron chi connectivity index (χ4n) is 0.885. The van der Waals surface area contributed by atoms with Crippen molar-refractivity contribution in [3.63, 3.8) is 0 Å². The Morgan fingerprint density at radius 3 is 2.31 bits per heavy atom. The average molecular weight is 218 g/mol. The van der Waals surface area contributed by atoms with Crippen molar-refractivity contribution >= 4 is 29.1 Å². The number of carbonyl (C=O) groups excluding carboxylic acids is 1. The van der Waals surface area contributed by atoms with Crippen molar-refractivity contribution in [1.82, 2.24) is 0 Å². The van der Waals surface area contributed by atoms with E-state index in [4.69, 9.17) is 23.2 Å². The van der Waals surface area contributed by atoms with Crippen LogP contribution < -0.4 is 0 Å². The normalized spacial score (nSPS) is 9.69. The van der Waals surface area contributed by atoms with Crippen LogP contribution >= 0.6 is 23.2 Å². The molecule has 1 amide bonds. The van der Waals surface area contributed by atoms with Crippen LogP contribution in [0.25, 0.3) is 0 Å². The van der Waals surface area contributed by atoms with Crippen LogP contribution in [-0.2, 0) is 11.2 Å². The van der Waals surface area contributed by atoms with Gasteiger partial charge >= 0.3 is 0 Å². The van der Waals surface area contributed by atoms with Crippen LogP contribution in [0.5, 0.6) is 0 Å². The van der Waals surface area contributed by atoms with Crippen molar-refractivity contribution < 1.29 is 4.79 Å². The highest BCUT2D eigenvalue weighted by atomic mass is 35.5.